The van der Waals surface area contributed by atoms with Crippen LogP contribution in [0.3, 0.4) is 0 Å². The van der Waals surface area contributed by atoms with Gasteiger partial charge in [-0.05, 0) is 44.1 Å². The molecule has 19 heavy (non-hydrogen) atoms. The Labute approximate surface area is 118 Å². The molecule has 0 aromatic rings. The molecule has 1 aliphatic heterocycles. The van der Waals surface area contributed by atoms with E-state index in [1.54, 1.807) is 0 Å². The number of piperidine rings is 1. The van der Waals surface area contributed by atoms with Crippen LogP contribution < -0.4 is 5.73 Å². The summed E-state index contributed by atoms with van der Waals surface area (Å²) < 4.78 is 5.35. The SMILES string of the molecule is COCC1CCCN(C(CN)C2CCCCCC2)C1. The molecule has 0 spiro atoms. The highest BCUT2D eigenvalue weighted by Crippen LogP contribution is 2.30. The molecule has 0 radical (unpaired) electrons. The monoisotopic (exact) mass is 268 g/mol. The fourth-order valence-corrected chi connectivity index (χ4v) is 4.11. The molecule has 3 nitrogen and oxygen atoms in total. The first kappa shape index (κ1) is 15.3. The van der Waals surface area contributed by atoms with Crippen LogP contribution in [0.2, 0.25) is 0 Å². The van der Waals surface area contributed by atoms with E-state index in [0.717, 1.165) is 25.0 Å². The zero-order valence-electron chi connectivity index (χ0n) is 12.7. The highest BCUT2D eigenvalue weighted by Gasteiger charge is 2.30. The first-order chi connectivity index (χ1) is 9.35. The quantitative estimate of drug-likeness (QED) is 0.779. The second-order valence-electron chi connectivity index (χ2n) is 6.51. The third-order valence-corrected chi connectivity index (χ3v) is 5.11. The molecule has 2 atom stereocenters. The van der Waals surface area contributed by atoms with Crippen molar-refractivity contribution in [3.63, 3.8) is 0 Å². The third-order valence-electron chi connectivity index (χ3n) is 5.11. The number of ether oxygens (including phenoxy) is 1. The van der Waals surface area contributed by atoms with E-state index < -0.39 is 0 Å². The minimum atomic E-state index is 0.623. The first-order valence-corrected chi connectivity index (χ1v) is 8.28. The van der Waals surface area contributed by atoms with Gasteiger partial charge in [0.1, 0.15) is 0 Å². The Hall–Kier alpha value is -0.120. The Balaban J connectivity index is 1.91. The normalized spacial score (nSPS) is 29.1. The van der Waals surface area contributed by atoms with Gasteiger partial charge in [-0.3, -0.25) is 4.90 Å². The number of methoxy groups -OCH3 is 1. The van der Waals surface area contributed by atoms with Crippen LogP contribution in [0.5, 0.6) is 0 Å². The van der Waals surface area contributed by atoms with Crippen molar-refractivity contribution in [1.82, 2.24) is 4.90 Å². The van der Waals surface area contributed by atoms with Crippen LogP contribution in [-0.4, -0.2) is 44.3 Å². The molecule has 0 bridgehead atoms. The zero-order valence-corrected chi connectivity index (χ0v) is 12.7. The Kier molecular flexibility index (Phi) is 6.62. The van der Waals surface area contributed by atoms with Crippen LogP contribution in [0.1, 0.15) is 51.4 Å². The Morgan fingerprint density at radius 1 is 1.11 bits per heavy atom. The van der Waals surface area contributed by atoms with E-state index >= 15 is 0 Å². The van der Waals surface area contributed by atoms with Gasteiger partial charge >= 0.3 is 0 Å². The van der Waals surface area contributed by atoms with Crippen molar-refractivity contribution >= 4 is 0 Å². The van der Waals surface area contributed by atoms with Crippen molar-refractivity contribution in [3.8, 4) is 0 Å². The maximum Gasteiger partial charge on any atom is 0.0502 e. The topological polar surface area (TPSA) is 38.5 Å². The van der Waals surface area contributed by atoms with E-state index in [1.165, 1.54) is 64.5 Å². The number of rotatable bonds is 5. The Morgan fingerprint density at radius 3 is 2.47 bits per heavy atom. The van der Waals surface area contributed by atoms with Crippen LogP contribution in [0.15, 0.2) is 0 Å². The zero-order chi connectivity index (χ0) is 13.5. The average Bonchev–Trinajstić information content (AvgIpc) is 2.70. The predicted octanol–water partition coefficient (Wildman–Crippen LogP) is 2.64. The minimum absolute atomic E-state index is 0.623. The molecule has 2 fully saturated rings. The maximum atomic E-state index is 6.13. The molecule has 1 saturated carbocycles. The molecule has 1 saturated heterocycles. The number of hydrogen-bond donors (Lipinski definition) is 1. The lowest BCUT2D eigenvalue weighted by Crippen LogP contribution is -2.50. The van der Waals surface area contributed by atoms with E-state index in [2.05, 4.69) is 4.90 Å². The van der Waals surface area contributed by atoms with Crippen molar-refractivity contribution in [3.05, 3.63) is 0 Å². The fraction of sp³-hybridized carbons (Fsp3) is 1.00. The van der Waals surface area contributed by atoms with E-state index in [0.29, 0.717) is 6.04 Å². The van der Waals surface area contributed by atoms with E-state index in [4.69, 9.17) is 10.5 Å². The van der Waals surface area contributed by atoms with Crippen LogP contribution in [0, 0.1) is 11.8 Å². The van der Waals surface area contributed by atoms with Crippen LogP contribution in [0.4, 0.5) is 0 Å². The maximum absolute atomic E-state index is 6.13. The van der Waals surface area contributed by atoms with Crippen LogP contribution in [0.25, 0.3) is 0 Å². The van der Waals surface area contributed by atoms with Gasteiger partial charge in [-0.25, -0.2) is 0 Å². The van der Waals surface area contributed by atoms with E-state index in [1.807, 2.05) is 7.11 Å². The van der Waals surface area contributed by atoms with Gasteiger partial charge in [0.05, 0.1) is 6.61 Å². The summed E-state index contributed by atoms with van der Waals surface area (Å²) in [6.07, 6.45) is 11.1. The third kappa shape index (κ3) is 4.44. The fourth-order valence-electron chi connectivity index (χ4n) is 4.11. The van der Waals surface area contributed by atoms with Gasteiger partial charge in [0, 0.05) is 26.2 Å². The highest BCUT2D eigenvalue weighted by atomic mass is 16.5. The summed E-state index contributed by atoms with van der Waals surface area (Å²) in [6, 6.07) is 0.623. The lowest BCUT2D eigenvalue weighted by Gasteiger charge is -2.41. The average molecular weight is 268 g/mol. The summed E-state index contributed by atoms with van der Waals surface area (Å²) in [5, 5.41) is 0. The molecule has 0 amide bonds. The second-order valence-corrected chi connectivity index (χ2v) is 6.51. The van der Waals surface area contributed by atoms with Gasteiger partial charge in [-0.15, -0.1) is 0 Å². The lowest BCUT2D eigenvalue weighted by molar-refractivity contribution is 0.0492. The van der Waals surface area contributed by atoms with E-state index in [9.17, 15) is 0 Å². The van der Waals surface area contributed by atoms with Crippen molar-refractivity contribution < 1.29 is 4.74 Å². The number of likely N-dealkylation sites (tertiary alicyclic amines) is 1. The number of nitrogens with zero attached hydrogens (tertiary/aromatic N) is 1. The molecule has 2 rings (SSSR count). The van der Waals surface area contributed by atoms with Crippen LogP contribution >= 0.6 is 0 Å². The van der Waals surface area contributed by atoms with Gasteiger partial charge in [0.15, 0.2) is 0 Å². The highest BCUT2D eigenvalue weighted by molar-refractivity contribution is 4.85. The van der Waals surface area contributed by atoms with Crippen molar-refractivity contribution in [2.75, 3.05) is 33.4 Å². The number of hydrogen-bond acceptors (Lipinski definition) is 3. The smallest absolute Gasteiger partial charge is 0.0502 e. The standard InChI is InChI=1S/C16H32N2O/c1-19-13-14-7-6-10-18(12-14)16(11-17)15-8-4-2-3-5-9-15/h14-16H,2-13,17H2,1H3. The molecule has 2 unspecified atom stereocenters. The van der Waals surface area contributed by atoms with Gasteiger partial charge in [-0.1, -0.05) is 25.7 Å². The molecule has 1 heterocycles. The molecular weight excluding hydrogens is 236 g/mol. The molecule has 0 aromatic heterocycles. The molecular formula is C16H32N2O. The van der Waals surface area contributed by atoms with Crippen molar-refractivity contribution in [1.29, 1.82) is 0 Å². The Morgan fingerprint density at radius 2 is 1.84 bits per heavy atom. The minimum Gasteiger partial charge on any atom is -0.384 e. The molecule has 1 aliphatic carbocycles. The largest absolute Gasteiger partial charge is 0.384 e. The van der Waals surface area contributed by atoms with Crippen molar-refractivity contribution in [2.45, 2.75) is 57.4 Å². The molecule has 2 aliphatic rings. The second kappa shape index (κ2) is 8.23. The van der Waals surface area contributed by atoms with Gasteiger partial charge in [-0.2, -0.15) is 0 Å². The van der Waals surface area contributed by atoms with Crippen molar-refractivity contribution in [2.24, 2.45) is 17.6 Å². The summed E-state index contributed by atoms with van der Waals surface area (Å²) in [5.41, 5.74) is 6.13. The number of nitrogens with two attached hydrogens (primary N) is 1. The molecule has 2 N–H and O–H groups in total. The van der Waals surface area contributed by atoms with Gasteiger partial charge in [0.25, 0.3) is 0 Å². The summed E-state index contributed by atoms with van der Waals surface area (Å²) in [5.74, 6) is 1.56. The van der Waals surface area contributed by atoms with E-state index in [-0.39, 0.29) is 0 Å². The summed E-state index contributed by atoms with van der Waals surface area (Å²) >= 11 is 0. The van der Waals surface area contributed by atoms with Gasteiger partial charge in [0.2, 0.25) is 0 Å². The Bertz CT molecular complexity index is 237. The lowest BCUT2D eigenvalue weighted by atomic mass is 9.88. The molecule has 112 valence electrons. The summed E-state index contributed by atoms with van der Waals surface area (Å²) in [6.45, 7) is 4.20. The summed E-state index contributed by atoms with van der Waals surface area (Å²) in [4.78, 5) is 2.68. The van der Waals surface area contributed by atoms with Crippen LogP contribution in [-0.2, 0) is 4.74 Å². The predicted molar refractivity (Wildman–Crippen MR) is 80.2 cm³/mol. The first-order valence-electron chi connectivity index (χ1n) is 8.28. The molecule has 0 aromatic carbocycles. The van der Waals surface area contributed by atoms with Gasteiger partial charge < -0.3 is 10.5 Å². The molecule has 3 heteroatoms. The summed E-state index contributed by atoms with van der Waals surface area (Å²) in [7, 11) is 1.82.